The van der Waals surface area contributed by atoms with Gasteiger partial charge in [-0.25, -0.2) is 0 Å². The molecule has 0 aliphatic heterocycles. The van der Waals surface area contributed by atoms with E-state index in [0.717, 1.165) is 16.4 Å². The van der Waals surface area contributed by atoms with Crippen LogP contribution in [0.25, 0.3) is 11.1 Å². The van der Waals surface area contributed by atoms with E-state index >= 15 is 0 Å². The van der Waals surface area contributed by atoms with Crippen LogP contribution in [0, 0.1) is 0 Å². The van der Waals surface area contributed by atoms with Gasteiger partial charge in [-0.2, -0.15) is 0 Å². The quantitative estimate of drug-likeness (QED) is 0.591. The molecule has 0 aliphatic rings. The lowest BCUT2D eigenvalue weighted by Gasteiger charge is -2.10. The Balaban J connectivity index is 1.81. The van der Waals surface area contributed by atoms with Crippen molar-refractivity contribution in [3.63, 3.8) is 0 Å². The van der Waals surface area contributed by atoms with E-state index in [1.807, 2.05) is 42.5 Å². The molecule has 3 aromatic rings. The molecule has 0 amide bonds. The number of carbonyl (C=O) groups excluding carboxylic acids is 1. The summed E-state index contributed by atoms with van der Waals surface area (Å²) in [6.45, 7) is 0. The Morgan fingerprint density at radius 2 is 1.54 bits per heavy atom. The molecule has 0 bridgehead atoms. The van der Waals surface area contributed by atoms with Gasteiger partial charge in [0.25, 0.3) is 0 Å². The summed E-state index contributed by atoms with van der Waals surface area (Å²) in [5, 5.41) is 1.40. The highest BCUT2D eigenvalue weighted by molar-refractivity contribution is 7.66. The zero-order valence-electron chi connectivity index (χ0n) is 13.1. The molecule has 0 heterocycles. The van der Waals surface area contributed by atoms with Gasteiger partial charge in [0.1, 0.15) is 5.75 Å². The van der Waals surface area contributed by atoms with E-state index < -0.39 is 0 Å². The summed E-state index contributed by atoms with van der Waals surface area (Å²) in [5.74, 6) is 0.515. The minimum Gasteiger partial charge on any atom is -0.496 e. The van der Waals surface area contributed by atoms with Crippen LogP contribution in [0.4, 0.5) is 0 Å². The third-order valence-electron chi connectivity index (χ3n) is 3.67. The van der Waals surface area contributed by atoms with Gasteiger partial charge in [0, 0.05) is 0 Å². The zero-order chi connectivity index (χ0) is 16.9. The van der Waals surface area contributed by atoms with Crippen LogP contribution in [-0.4, -0.2) is 12.6 Å². The van der Waals surface area contributed by atoms with E-state index in [2.05, 4.69) is 12.1 Å². The van der Waals surface area contributed by atoms with Crippen molar-refractivity contribution in [2.24, 2.45) is 0 Å². The number of carbonyl (C=O) groups is 1. The molecule has 0 N–H and O–H groups in total. The largest absolute Gasteiger partial charge is 0.496 e. The van der Waals surface area contributed by atoms with Crippen LogP contribution in [0.1, 0.15) is 10.4 Å². The molecule has 120 valence electrons. The van der Waals surface area contributed by atoms with Gasteiger partial charge in [0.05, 0.1) is 17.7 Å². The van der Waals surface area contributed by atoms with Crippen LogP contribution in [0.2, 0.25) is 5.02 Å². The molecule has 0 radical (unpaired) electrons. The maximum absolute atomic E-state index is 12.6. The molecule has 1 atom stereocenters. The average Bonchev–Trinajstić information content (AvgIpc) is 2.62. The summed E-state index contributed by atoms with van der Waals surface area (Å²) in [5.41, 5.74) is 2.72. The van der Waals surface area contributed by atoms with Gasteiger partial charge in [0.15, 0.2) is 5.52 Å². The molecule has 2 nitrogen and oxygen atoms in total. The first-order valence-electron chi connectivity index (χ1n) is 7.48. The summed E-state index contributed by atoms with van der Waals surface area (Å²) >= 11 is 6.18. The van der Waals surface area contributed by atoms with Crippen LogP contribution in [0.5, 0.6) is 5.75 Å². The first kappa shape index (κ1) is 16.7. The molecule has 0 aliphatic carbocycles. The summed E-state index contributed by atoms with van der Waals surface area (Å²) in [6, 6.07) is 23.4. The Bertz CT molecular complexity index is 845. The second kappa shape index (κ2) is 7.61. The highest BCUT2D eigenvalue weighted by Crippen LogP contribution is 2.32. The Hall–Kier alpha value is -2.15. The lowest BCUT2D eigenvalue weighted by molar-refractivity contribution is 0.108. The summed E-state index contributed by atoms with van der Waals surface area (Å²) in [7, 11) is 1.54. The molecule has 0 spiro atoms. The molecule has 3 rings (SSSR count). The first-order valence-corrected chi connectivity index (χ1v) is 8.86. The lowest BCUT2D eigenvalue weighted by Crippen LogP contribution is -2.03. The molecule has 0 saturated heterocycles. The van der Waals surface area contributed by atoms with Gasteiger partial charge < -0.3 is 4.74 Å². The lowest BCUT2D eigenvalue weighted by atomic mass is 10.1. The third kappa shape index (κ3) is 3.67. The number of ether oxygens (including phenoxy) is 1. The fourth-order valence-corrected chi connectivity index (χ4v) is 3.77. The minimum atomic E-state index is -0.0232. The summed E-state index contributed by atoms with van der Waals surface area (Å²) in [4.78, 5) is 12.6. The molecule has 0 aromatic heterocycles. The normalized spacial score (nSPS) is 10.9. The van der Waals surface area contributed by atoms with Crippen molar-refractivity contribution in [1.82, 2.24) is 0 Å². The summed E-state index contributed by atoms with van der Waals surface area (Å²) in [6.07, 6.45) is 0. The Morgan fingerprint density at radius 1 is 0.875 bits per heavy atom. The van der Waals surface area contributed by atoms with E-state index in [1.165, 1.54) is 0 Å². The zero-order valence-corrected chi connectivity index (χ0v) is 14.9. The second-order valence-electron chi connectivity index (χ2n) is 5.21. The van der Waals surface area contributed by atoms with Crippen molar-refractivity contribution < 1.29 is 9.53 Å². The molecule has 3 aromatic carbocycles. The monoisotopic (exact) mass is 354 g/mol. The molecule has 0 fully saturated rings. The van der Waals surface area contributed by atoms with Gasteiger partial charge in [0.2, 0.25) is 0 Å². The number of benzene rings is 3. The Morgan fingerprint density at radius 3 is 2.21 bits per heavy atom. The van der Waals surface area contributed by atoms with Crippen LogP contribution in [0.3, 0.4) is 0 Å². The van der Waals surface area contributed by atoms with Gasteiger partial charge in [-0.1, -0.05) is 72.3 Å². The first-order chi connectivity index (χ1) is 11.7. The number of hydrogen-bond acceptors (Lipinski definition) is 2. The fourth-order valence-electron chi connectivity index (χ4n) is 2.47. The topological polar surface area (TPSA) is 26.3 Å². The van der Waals surface area contributed by atoms with Gasteiger partial charge in [-0.15, -0.1) is 0 Å². The van der Waals surface area contributed by atoms with Gasteiger partial charge >= 0.3 is 0 Å². The van der Waals surface area contributed by atoms with Crippen molar-refractivity contribution in [3.05, 3.63) is 83.4 Å². The van der Waals surface area contributed by atoms with E-state index in [0.29, 0.717) is 16.3 Å². The SMILES string of the molecule is COc1cccc(Cl)c1C(=O)Pc1ccc(-c2ccccc2)cc1. The minimum absolute atomic E-state index is 0.00218. The molecular formula is C20H16ClO2P. The second-order valence-corrected chi connectivity index (χ2v) is 6.90. The highest BCUT2D eigenvalue weighted by Gasteiger charge is 2.16. The maximum atomic E-state index is 12.6. The van der Waals surface area contributed by atoms with Crippen LogP contribution < -0.4 is 10.0 Å². The van der Waals surface area contributed by atoms with Crippen molar-refractivity contribution in [3.8, 4) is 16.9 Å². The van der Waals surface area contributed by atoms with Crippen molar-refractivity contribution >= 4 is 31.0 Å². The number of methoxy groups -OCH3 is 1. The highest BCUT2D eigenvalue weighted by atomic mass is 35.5. The molecule has 0 saturated carbocycles. The number of halogens is 1. The van der Waals surface area contributed by atoms with Gasteiger partial charge in [-0.3, -0.25) is 4.79 Å². The van der Waals surface area contributed by atoms with Crippen molar-refractivity contribution in [1.29, 1.82) is 0 Å². The smallest absolute Gasteiger partial charge is 0.190 e. The van der Waals surface area contributed by atoms with E-state index in [4.69, 9.17) is 16.3 Å². The Labute approximate surface area is 148 Å². The molecule has 1 unspecified atom stereocenters. The van der Waals surface area contributed by atoms with Crippen molar-refractivity contribution in [2.75, 3.05) is 7.11 Å². The van der Waals surface area contributed by atoms with Crippen LogP contribution in [0.15, 0.2) is 72.8 Å². The predicted molar refractivity (Wildman–Crippen MR) is 102 cm³/mol. The van der Waals surface area contributed by atoms with Crippen molar-refractivity contribution in [2.45, 2.75) is 0 Å². The number of rotatable bonds is 5. The van der Waals surface area contributed by atoms with Gasteiger partial charge in [-0.05, 0) is 37.1 Å². The molecule has 24 heavy (non-hydrogen) atoms. The van der Waals surface area contributed by atoms with E-state index in [9.17, 15) is 4.79 Å². The maximum Gasteiger partial charge on any atom is 0.190 e. The summed E-state index contributed by atoms with van der Waals surface area (Å²) < 4.78 is 5.26. The van der Waals surface area contributed by atoms with Crippen LogP contribution >= 0.6 is 20.2 Å². The average molecular weight is 355 g/mol. The molecule has 4 heteroatoms. The predicted octanol–water partition coefficient (Wildman–Crippen LogP) is 5.16. The molecular weight excluding hydrogens is 339 g/mol. The Kier molecular flexibility index (Phi) is 5.30. The standard InChI is InChI=1S/C20H16ClO2P/c1-23-18-9-5-8-17(21)19(18)20(22)24-16-12-10-15(11-13-16)14-6-3-2-4-7-14/h2-13,24H,1H3. The number of hydrogen-bond donors (Lipinski definition) is 0. The fraction of sp³-hybridized carbons (Fsp3) is 0.0500. The third-order valence-corrected chi connectivity index (χ3v) is 5.09. The van der Waals surface area contributed by atoms with Crippen LogP contribution in [-0.2, 0) is 0 Å². The van der Waals surface area contributed by atoms with E-state index in [-0.39, 0.29) is 14.1 Å². The van der Waals surface area contributed by atoms with E-state index in [1.54, 1.807) is 25.3 Å².